The van der Waals surface area contributed by atoms with E-state index in [4.69, 9.17) is 0 Å². The summed E-state index contributed by atoms with van der Waals surface area (Å²) in [5, 5.41) is 3.30. The summed E-state index contributed by atoms with van der Waals surface area (Å²) < 4.78 is 26.2. The average Bonchev–Trinajstić information content (AvgIpc) is 3.51. The lowest BCUT2D eigenvalue weighted by Crippen LogP contribution is -2.58. The Balaban J connectivity index is 1.14. The Hall–Kier alpha value is -3.38. The van der Waals surface area contributed by atoms with Crippen LogP contribution in [0.25, 0.3) is 10.1 Å². The number of alkyl halides is 1. The van der Waals surface area contributed by atoms with Gasteiger partial charge in [-0.25, -0.2) is 4.39 Å². The quantitative estimate of drug-likeness (QED) is 0.310. The predicted molar refractivity (Wildman–Crippen MR) is 153 cm³/mol. The number of fused-ring (bicyclic) bond motifs is 2. The third-order valence-corrected chi connectivity index (χ3v) is 10.5. The van der Waals surface area contributed by atoms with Gasteiger partial charge in [0.25, 0.3) is 5.91 Å². The second kappa shape index (κ2) is 11.0. The number of likely N-dealkylation sites (tertiary alicyclic amines) is 1. The van der Waals surface area contributed by atoms with E-state index in [1.807, 2.05) is 6.07 Å². The zero-order chi connectivity index (χ0) is 29.8. The normalized spacial score (nSPS) is 23.8. The van der Waals surface area contributed by atoms with Crippen molar-refractivity contribution in [3.8, 4) is 0 Å². The van der Waals surface area contributed by atoms with Gasteiger partial charge in [-0.15, -0.1) is 11.3 Å². The molecule has 4 atom stereocenters. The number of nitrogens with one attached hydrogen (secondary N) is 2. The van der Waals surface area contributed by atoms with E-state index in [0.29, 0.717) is 42.4 Å². The number of aromatic nitrogens is 1. The van der Waals surface area contributed by atoms with Crippen LogP contribution in [0.1, 0.15) is 64.7 Å². The molecule has 0 spiro atoms. The molecule has 0 bridgehead atoms. The SMILES string of the molecule is O=C(N[C@H]1CCCC2CC[C@@H](C(=O)N3CC(c4cc[nH]c(=O)c4)C3)N2C1=O)c1cc2cc(C(F)P(=O)(O)O)ccc2s1. The first-order valence-electron chi connectivity index (χ1n) is 13.8. The van der Waals surface area contributed by atoms with Gasteiger partial charge in [0.2, 0.25) is 23.3 Å². The number of carbonyl (C=O) groups excluding carboxylic acids is 3. The molecule has 4 N–H and O–H groups in total. The molecule has 0 saturated carbocycles. The maximum Gasteiger partial charge on any atom is 0.363 e. The molecule has 11 nitrogen and oxygen atoms in total. The Kier molecular flexibility index (Phi) is 7.55. The number of H-pyrrole nitrogens is 1. The van der Waals surface area contributed by atoms with Crippen LogP contribution in [-0.4, -0.2) is 73.5 Å². The van der Waals surface area contributed by atoms with Crippen LogP contribution in [0.15, 0.2) is 47.4 Å². The maximum absolute atomic E-state index is 14.2. The predicted octanol–water partition coefficient (Wildman–Crippen LogP) is 3.00. The largest absolute Gasteiger partial charge is 0.363 e. The Morgan fingerprint density at radius 2 is 1.86 bits per heavy atom. The maximum atomic E-state index is 14.2. The molecule has 3 aromatic rings. The summed E-state index contributed by atoms with van der Waals surface area (Å²) in [5.74, 6) is -3.26. The third-order valence-electron chi connectivity index (χ3n) is 8.47. The summed E-state index contributed by atoms with van der Waals surface area (Å²) >= 11 is 1.13. The van der Waals surface area contributed by atoms with Gasteiger partial charge in [-0.3, -0.25) is 23.7 Å². The van der Waals surface area contributed by atoms with Gasteiger partial charge in [0.15, 0.2) is 0 Å². The smallest absolute Gasteiger partial charge is 0.340 e. The van der Waals surface area contributed by atoms with Crippen molar-refractivity contribution in [1.82, 2.24) is 20.1 Å². The summed E-state index contributed by atoms with van der Waals surface area (Å²) in [6.07, 6.45) is 4.77. The summed E-state index contributed by atoms with van der Waals surface area (Å²) in [5.41, 5.74) is 0.513. The van der Waals surface area contributed by atoms with Crippen molar-refractivity contribution < 1.29 is 33.1 Å². The van der Waals surface area contributed by atoms with Crippen LogP contribution in [-0.2, 0) is 14.2 Å². The van der Waals surface area contributed by atoms with Crippen molar-refractivity contribution >= 4 is 46.7 Å². The molecule has 222 valence electrons. The molecule has 3 saturated heterocycles. The topological polar surface area (TPSA) is 160 Å². The Morgan fingerprint density at radius 3 is 2.60 bits per heavy atom. The number of halogens is 1. The molecule has 3 fully saturated rings. The molecule has 3 aliphatic rings. The molecule has 3 aliphatic heterocycles. The first-order valence-corrected chi connectivity index (χ1v) is 16.3. The van der Waals surface area contributed by atoms with E-state index in [0.717, 1.165) is 29.7 Å². The third kappa shape index (κ3) is 5.42. The highest BCUT2D eigenvalue weighted by atomic mass is 32.1. The van der Waals surface area contributed by atoms with Crippen LogP contribution in [0.3, 0.4) is 0 Å². The zero-order valence-corrected chi connectivity index (χ0v) is 24.2. The van der Waals surface area contributed by atoms with Gasteiger partial charge in [0.05, 0.1) is 4.88 Å². The number of pyridine rings is 1. The van der Waals surface area contributed by atoms with Crippen molar-refractivity contribution in [2.24, 2.45) is 0 Å². The van der Waals surface area contributed by atoms with Crippen LogP contribution >= 0.6 is 18.9 Å². The number of amides is 3. The standard InChI is InChI=1S/C28H30FN4O7PS/c29-25(41(38,39)40)16-4-7-22-17(10-16)11-23(42-22)26(35)31-20-3-1-2-19-5-6-21(33(19)27(20)36)28(37)32-13-18(14-32)15-8-9-30-24(34)12-15/h4,7-12,18-21,25H,1-3,5-6,13-14H2,(H,30,34)(H,31,35)(H2,38,39,40)/t19?,20-,21-,25?/m0/s1. The second-order valence-corrected chi connectivity index (χ2v) is 13.9. The van der Waals surface area contributed by atoms with Crippen molar-refractivity contribution in [3.63, 3.8) is 0 Å². The molecular formula is C28H30FN4O7PS. The molecule has 5 heterocycles. The van der Waals surface area contributed by atoms with Crippen molar-refractivity contribution in [3.05, 3.63) is 69.0 Å². The zero-order valence-electron chi connectivity index (χ0n) is 22.4. The summed E-state index contributed by atoms with van der Waals surface area (Å²) in [6.45, 7) is 0.966. The van der Waals surface area contributed by atoms with E-state index >= 15 is 0 Å². The van der Waals surface area contributed by atoms with Gasteiger partial charge < -0.3 is 29.9 Å². The molecular weight excluding hydrogens is 586 g/mol. The lowest BCUT2D eigenvalue weighted by Gasteiger charge is -2.42. The fourth-order valence-electron chi connectivity index (χ4n) is 6.28. The molecule has 1 aromatic carbocycles. The van der Waals surface area contributed by atoms with E-state index in [9.17, 15) is 37.9 Å². The number of thiophene rings is 1. The molecule has 6 rings (SSSR count). The van der Waals surface area contributed by atoms with Crippen LogP contribution < -0.4 is 10.9 Å². The second-order valence-electron chi connectivity index (χ2n) is 11.2. The lowest BCUT2D eigenvalue weighted by atomic mass is 9.91. The average molecular weight is 617 g/mol. The fraction of sp³-hybridized carbons (Fsp3) is 0.429. The monoisotopic (exact) mass is 616 g/mol. The van der Waals surface area contributed by atoms with E-state index < -0.39 is 31.5 Å². The van der Waals surface area contributed by atoms with E-state index in [2.05, 4.69) is 10.3 Å². The first kappa shape index (κ1) is 28.7. The highest BCUT2D eigenvalue weighted by Gasteiger charge is 2.47. The van der Waals surface area contributed by atoms with Crippen molar-refractivity contribution in [2.45, 2.75) is 62.1 Å². The number of hydrogen-bond acceptors (Lipinski definition) is 6. The van der Waals surface area contributed by atoms with Crippen molar-refractivity contribution in [2.75, 3.05) is 13.1 Å². The van der Waals surface area contributed by atoms with Crippen LogP contribution in [0, 0.1) is 0 Å². The summed E-state index contributed by atoms with van der Waals surface area (Å²) in [4.78, 5) is 76.7. The van der Waals surface area contributed by atoms with E-state index in [1.54, 1.807) is 22.1 Å². The minimum atomic E-state index is -4.97. The highest BCUT2D eigenvalue weighted by Crippen LogP contribution is 2.53. The van der Waals surface area contributed by atoms with Gasteiger partial charge in [0, 0.05) is 42.0 Å². The van der Waals surface area contributed by atoms with Crippen LogP contribution in [0.4, 0.5) is 4.39 Å². The van der Waals surface area contributed by atoms with E-state index in [-0.39, 0.29) is 39.8 Å². The molecule has 3 amide bonds. The van der Waals surface area contributed by atoms with Crippen LogP contribution in [0.5, 0.6) is 0 Å². The first-order chi connectivity index (χ1) is 20.0. The summed E-state index contributed by atoms with van der Waals surface area (Å²) in [6, 6.07) is 7.52. The number of nitrogens with zero attached hydrogens (tertiary/aromatic N) is 2. The number of aromatic amines is 1. The molecule has 0 radical (unpaired) electrons. The molecule has 2 unspecified atom stereocenters. The number of hydrogen-bond donors (Lipinski definition) is 4. The number of carbonyl (C=O) groups is 3. The Bertz CT molecular complexity index is 1660. The molecule has 2 aromatic heterocycles. The molecule has 14 heteroatoms. The molecule has 0 aliphatic carbocycles. The van der Waals surface area contributed by atoms with Crippen molar-refractivity contribution in [1.29, 1.82) is 0 Å². The minimum Gasteiger partial charge on any atom is -0.340 e. The Morgan fingerprint density at radius 1 is 1.07 bits per heavy atom. The van der Waals surface area contributed by atoms with Crippen LogP contribution in [0.2, 0.25) is 0 Å². The highest BCUT2D eigenvalue weighted by molar-refractivity contribution is 7.51. The minimum absolute atomic E-state index is 0.0662. The van der Waals surface area contributed by atoms with Gasteiger partial charge in [-0.2, -0.15) is 0 Å². The fourth-order valence-corrected chi connectivity index (χ4v) is 7.77. The number of benzene rings is 1. The molecule has 42 heavy (non-hydrogen) atoms. The summed E-state index contributed by atoms with van der Waals surface area (Å²) in [7, 11) is -4.97. The van der Waals surface area contributed by atoms with Gasteiger partial charge in [-0.05, 0) is 72.9 Å². The van der Waals surface area contributed by atoms with Gasteiger partial charge in [-0.1, -0.05) is 6.07 Å². The van der Waals surface area contributed by atoms with Gasteiger partial charge in [0.1, 0.15) is 12.1 Å². The van der Waals surface area contributed by atoms with Gasteiger partial charge >= 0.3 is 7.60 Å². The lowest BCUT2D eigenvalue weighted by molar-refractivity contribution is -0.148. The van der Waals surface area contributed by atoms with E-state index in [1.165, 1.54) is 24.3 Å². The number of rotatable bonds is 6. The Labute approximate surface area is 243 Å².